The number of hydrogen-bond acceptors (Lipinski definition) is 5. The summed E-state index contributed by atoms with van der Waals surface area (Å²) in [5.74, 6) is -0.921. The van der Waals surface area contributed by atoms with Gasteiger partial charge in [0, 0.05) is 31.2 Å². The van der Waals surface area contributed by atoms with Crippen molar-refractivity contribution in [3.63, 3.8) is 0 Å². The number of carbonyl (C=O) groups excluding carboxylic acids is 1. The average Bonchev–Trinajstić information content (AvgIpc) is 3.44. The highest BCUT2D eigenvalue weighted by Gasteiger charge is 2.33. The van der Waals surface area contributed by atoms with E-state index in [0.29, 0.717) is 6.04 Å². The molecule has 1 aliphatic carbocycles. The van der Waals surface area contributed by atoms with E-state index in [1.54, 1.807) is 0 Å². The van der Waals surface area contributed by atoms with E-state index in [0.717, 1.165) is 44.1 Å². The van der Waals surface area contributed by atoms with E-state index in [2.05, 4.69) is 15.0 Å². The van der Waals surface area contributed by atoms with Crippen molar-refractivity contribution in [1.29, 1.82) is 0 Å². The molecular formula is C17H20F3N3O4. The number of nitrogens with zero attached hydrogens (tertiary/aromatic N) is 2. The third kappa shape index (κ3) is 5.31. The molecule has 1 heterocycles. The van der Waals surface area contributed by atoms with Crippen molar-refractivity contribution in [2.24, 2.45) is 0 Å². The fraction of sp³-hybridized carbons (Fsp3) is 0.588. The van der Waals surface area contributed by atoms with Crippen molar-refractivity contribution < 1.29 is 27.6 Å². The maximum absolute atomic E-state index is 12.5. The summed E-state index contributed by atoms with van der Waals surface area (Å²) < 4.78 is 41.5. The first-order valence-electron chi connectivity index (χ1n) is 8.76. The smallest absolute Gasteiger partial charge is 0.422 e. The van der Waals surface area contributed by atoms with Gasteiger partial charge in [-0.15, -0.1) is 0 Å². The van der Waals surface area contributed by atoms with Gasteiger partial charge >= 0.3 is 6.18 Å². The van der Waals surface area contributed by atoms with Gasteiger partial charge in [-0.05, 0) is 37.8 Å². The van der Waals surface area contributed by atoms with Crippen LogP contribution in [0.3, 0.4) is 0 Å². The molecule has 2 aliphatic rings. The van der Waals surface area contributed by atoms with E-state index < -0.39 is 29.3 Å². The lowest BCUT2D eigenvalue weighted by molar-refractivity contribution is -0.385. The lowest BCUT2D eigenvalue weighted by Gasteiger charge is -2.32. The molecule has 3 rings (SSSR count). The average molecular weight is 387 g/mol. The van der Waals surface area contributed by atoms with Crippen LogP contribution in [0.25, 0.3) is 0 Å². The number of hydrogen-bond donors (Lipinski definition) is 1. The summed E-state index contributed by atoms with van der Waals surface area (Å²) >= 11 is 0. The lowest BCUT2D eigenvalue weighted by Crippen LogP contribution is -2.45. The van der Waals surface area contributed by atoms with E-state index in [9.17, 15) is 28.1 Å². The fourth-order valence-electron chi connectivity index (χ4n) is 3.22. The highest BCUT2D eigenvalue weighted by atomic mass is 19.4. The van der Waals surface area contributed by atoms with Crippen LogP contribution in [0, 0.1) is 10.1 Å². The summed E-state index contributed by atoms with van der Waals surface area (Å²) in [6.07, 6.45) is -0.664. The van der Waals surface area contributed by atoms with Gasteiger partial charge in [0.1, 0.15) is 11.3 Å². The number of nitro groups is 1. The van der Waals surface area contributed by atoms with E-state index in [1.165, 1.54) is 12.8 Å². The minimum Gasteiger partial charge on any atom is -0.484 e. The fourth-order valence-corrected chi connectivity index (χ4v) is 3.22. The number of amides is 1. The molecule has 27 heavy (non-hydrogen) atoms. The Kier molecular flexibility index (Phi) is 5.54. The summed E-state index contributed by atoms with van der Waals surface area (Å²) in [6.45, 7) is 0.171. The van der Waals surface area contributed by atoms with Gasteiger partial charge in [-0.25, -0.2) is 0 Å². The Morgan fingerprint density at radius 3 is 2.48 bits per heavy atom. The molecule has 7 nitrogen and oxygen atoms in total. The monoisotopic (exact) mass is 387 g/mol. The van der Waals surface area contributed by atoms with Gasteiger partial charge in [0.25, 0.3) is 11.6 Å². The standard InChI is InChI=1S/C17H20F3N3O4/c18-17(19,20)10-27-13-3-4-15(23(25)26)14(9-13)16(24)21-11-5-7-22(8-6-11)12-1-2-12/h3-4,9,11-12H,1-2,5-8,10H2,(H,21,24). The summed E-state index contributed by atoms with van der Waals surface area (Å²) in [4.78, 5) is 25.3. The molecule has 0 atom stereocenters. The van der Waals surface area contributed by atoms with Gasteiger partial charge in [0.15, 0.2) is 6.61 Å². The van der Waals surface area contributed by atoms with Crippen LogP contribution in [0.1, 0.15) is 36.0 Å². The molecule has 1 N–H and O–H groups in total. The SMILES string of the molecule is O=C(NC1CCN(C2CC2)CC1)c1cc(OCC(F)(F)F)ccc1[N+](=O)[O-]. The molecule has 0 spiro atoms. The third-order valence-corrected chi connectivity index (χ3v) is 4.74. The zero-order valence-electron chi connectivity index (χ0n) is 14.5. The zero-order valence-corrected chi connectivity index (χ0v) is 14.5. The van der Waals surface area contributed by atoms with Gasteiger partial charge in [-0.1, -0.05) is 0 Å². The van der Waals surface area contributed by atoms with Crippen LogP contribution in [0.4, 0.5) is 18.9 Å². The maximum atomic E-state index is 12.5. The first kappa shape index (κ1) is 19.4. The number of rotatable bonds is 6. The summed E-state index contributed by atoms with van der Waals surface area (Å²) in [6, 6.07) is 3.54. The first-order valence-corrected chi connectivity index (χ1v) is 8.76. The van der Waals surface area contributed by atoms with Crippen LogP contribution >= 0.6 is 0 Å². The van der Waals surface area contributed by atoms with Crippen LogP contribution in [-0.2, 0) is 0 Å². The van der Waals surface area contributed by atoms with E-state index >= 15 is 0 Å². The molecule has 0 unspecified atom stereocenters. The number of piperidine rings is 1. The van der Waals surface area contributed by atoms with Crippen molar-refractivity contribution in [1.82, 2.24) is 10.2 Å². The molecule has 148 valence electrons. The molecule has 2 fully saturated rings. The second-order valence-corrected chi connectivity index (χ2v) is 6.85. The molecule has 0 aromatic heterocycles. The van der Waals surface area contributed by atoms with Crippen molar-refractivity contribution in [2.45, 2.75) is 43.9 Å². The Balaban J connectivity index is 1.66. The molecule has 1 aliphatic heterocycles. The highest BCUT2D eigenvalue weighted by Crippen LogP contribution is 2.30. The molecule has 1 amide bonds. The van der Waals surface area contributed by atoms with Gasteiger partial charge in [0.2, 0.25) is 0 Å². The van der Waals surface area contributed by atoms with E-state index in [1.807, 2.05) is 0 Å². The number of nitro benzene ring substituents is 1. The zero-order chi connectivity index (χ0) is 19.6. The lowest BCUT2D eigenvalue weighted by atomic mass is 10.0. The predicted octanol–water partition coefficient (Wildman–Crippen LogP) is 2.89. The number of nitrogens with one attached hydrogen (secondary N) is 1. The predicted molar refractivity (Wildman–Crippen MR) is 89.7 cm³/mol. The highest BCUT2D eigenvalue weighted by molar-refractivity contribution is 5.98. The minimum absolute atomic E-state index is 0.119. The topological polar surface area (TPSA) is 84.7 Å². The van der Waals surface area contributed by atoms with Crippen LogP contribution in [0.2, 0.25) is 0 Å². The minimum atomic E-state index is -4.54. The second kappa shape index (κ2) is 7.71. The van der Waals surface area contributed by atoms with E-state index in [-0.39, 0.29) is 17.4 Å². The van der Waals surface area contributed by atoms with Gasteiger partial charge in [-0.3, -0.25) is 14.9 Å². The Labute approximate surface area is 153 Å². The molecule has 1 saturated heterocycles. The van der Waals surface area contributed by atoms with Gasteiger partial charge in [0.05, 0.1) is 4.92 Å². The largest absolute Gasteiger partial charge is 0.484 e. The van der Waals surface area contributed by atoms with Crippen LogP contribution in [0.15, 0.2) is 18.2 Å². The Bertz CT molecular complexity index is 714. The Morgan fingerprint density at radius 1 is 1.26 bits per heavy atom. The molecule has 0 radical (unpaired) electrons. The molecule has 0 bridgehead atoms. The van der Waals surface area contributed by atoms with Crippen molar-refractivity contribution >= 4 is 11.6 Å². The molecular weight excluding hydrogens is 367 g/mol. The normalized spacial score (nSPS) is 18.9. The Morgan fingerprint density at radius 2 is 1.93 bits per heavy atom. The second-order valence-electron chi connectivity index (χ2n) is 6.85. The quantitative estimate of drug-likeness (QED) is 0.599. The summed E-state index contributed by atoms with van der Waals surface area (Å²) in [5, 5.41) is 13.9. The number of halogens is 3. The molecule has 1 aromatic rings. The van der Waals surface area contributed by atoms with Gasteiger partial charge < -0.3 is 15.0 Å². The molecule has 1 aromatic carbocycles. The van der Waals surface area contributed by atoms with Crippen LogP contribution in [0.5, 0.6) is 5.75 Å². The van der Waals surface area contributed by atoms with Crippen molar-refractivity contribution in [3.8, 4) is 5.75 Å². The number of benzene rings is 1. The molecule has 1 saturated carbocycles. The Hall–Kier alpha value is -2.36. The number of likely N-dealkylation sites (tertiary alicyclic amines) is 1. The number of ether oxygens (including phenoxy) is 1. The summed E-state index contributed by atoms with van der Waals surface area (Å²) in [5.41, 5.74) is -0.772. The number of carbonyl (C=O) groups is 1. The van der Waals surface area contributed by atoms with Crippen molar-refractivity contribution in [2.75, 3.05) is 19.7 Å². The van der Waals surface area contributed by atoms with Crippen molar-refractivity contribution in [3.05, 3.63) is 33.9 Å². The first-order chi connectivity index (χ1) is 12.7. The van der Waals surface area contributed by atoms with E-state index in [4.69, 9.17) is 0 Å². The van der Waals surface area contributed by atoms with Crippen LogP contribution in [-0.4, -0.2) is 53.7 Å². The third-order valence-electron chi connectivity index (χ3n) is 4.74. The number of alkyl halides is 3. The van der Waals surface area contributed by atoms with Gasteiger partial charge in [-0.2, -0.15) is 13.2 Å². The maximum Gasteiger partial charge on any atom is 0.422 e. The molecule has 10 heteroatoms. The summed E-state index contributed by atoms with van der Waals surface area (Å²) in [7, 11) is 0. The van der Waals surface area contributed by atoms with Crippen LogP contribution < -0.4 is 10.1 Å².